The Morgan fingerprint density at radius 1 is 0.456 bits per heavy atom. The number of nitrogens with zero attached hydrogens (tertiary/aromatic N) is 14. The van der Waals surface area contributed by atoms with E-state index < -0.39 is 47.6 Å². The number of fused-ring (bicyclic) bond motifs is 8. The van der Waals surface area contributed by atoms with Crippen LogP contribution < -0.4 is 59.1 Å². The number of rotatable bonds is 42. The van der Waals surface area contributed by atoms with Gasteiger partial charge in [0, 0.05) is 136 Å². The molecule has 2 aliphatic heterocycles. The summed E-state index contributed by atoms with van der Waals surface area (Å²) in [4.78, 5) is 22.7. The second-order valence-electron chi connectivity index (χ2n) is 30.0. The van der Waals surface area contributed by atoms with Crippen LogP contribution in [0.5, 0.6) is 0 Å². The maximum Gasteiger partial charge on any atom is 1.00 e. The first-order valence-corrected chi connectivity index (χ1v) is 47.7. The zero-order valence-electron chi connectivity index (χ0n) is 70.9. The van der Waals surface area contributed by atoms with Gasteiger partial charge in [-0.15, -0.1) is 23.0 Å². The Bertz CT molecular complexity index is 6270. The average molecular weight is 1770 g/mol. The Morgan fingerprint density at radius 2 is 0.824 bits per heavy atom. The molecule has 0 amide bonds. The van der Waals surface area contributed by atoms with E-state index in [4.69, 9.17) is 55.7 Å². The molecule has 0 radical (unpaired) electrons. The molecular weight excluding hydrogens is 1670 g/mol. The van der Waals surface area contributed by atoms with Crippen molar-refractivity contribution in [2.75, 3.05) is 35.0 Å². The molecule has 0 aliphatic carbocycles. The second-order valence-corrected chi connectivity index (χ2v) is 38.9. The van der Waals surface area contributed by atoms with Gasteiger partial charge in [0.05, 0.1) is 50.6 Å². The van der Waals surface area contributed by atoms with Gasteiger partial charge in [-0.1, -0.05) is 226 Å². The minimum Gasteiger partial charge on any atom is -0.744 e. The van der Waals surface area contributed by atoms with E-state index in [9.17, 15) is 25.9 Å². The van der Waals surface area contributed by atoms with Crippen LogP contribution in [0.15, 0.2) is 190 Å². The van der Waals surface area contributed by atoms with Gasteiger partial charge in [-0.2, -0.15) is 0 Å². The average Bonchev–Trinajstić information content (AvgIpc) is 1.63. The van der Waals surface area contributed by atoms with Crippen molar-refractivity contribution in [2.24, 2.45) is 10.2 Å². The van der Waals surface area contributed by atoms with Gasteiger partial charge in [-0.3, -0.25) is 4.68 Å². The predicted molar refractivity (Wildman–Crippen MR) is 483 cm³/mol. The van der Waals surface area contributed by atoms with Crippen LogP contribution >= 0.6 is 0 Å². The Kier molecular flexibility index (Phi) is 34.5. The first kappa shape index (κ1) is 95.4. The molecule has 2 aliphatic rings. The fourth-order valence-corrected chi connectivity index (χ4v) is 23.4. The van der Waals surface area contributed by atoms with Crippen LogP contribution in [0.1, 0.15) is 161 Å². The van der Waals surface area contributed by atoms with E-state index in [-0.39, 0.29) is 81.6 Å². The molecule has 27 nitrogen and oxygen atoms in total. The van der Waals surface area contributed by atoms with Crippen molar-refractivity contribution in [3.05, 3.63) is 236 Å². The first-order chi connectivity index (χ1) is 59.8. The summed E-state index contributed by atoms with van der Waals surface area (Å²) < 4.78 is 109. The van der Waals surface area contributed by atoms with Gasteiger partial charge >= 0.3 is 76.7 Å². The number of unbranched alkanes of at least 4 members (excludes halogenated alkanes) is 16. The number of terminal acetylenes is 2. The Balaban J connectivity index is 0.00000759. The van der Waals surface area contributed by atoms with Crippen LogP contribution in [0.4, 0.5) is 5.69 Å². The molecule has 0 spiro atoms. The summed E-state index contributed by atoms with van der Waals surface area (Å²) in [6.45, 7) is 1.35. The maximum atomic E-state index is 12.8. The third kappa shape index (κ3) is 24.3. The topological polar surface area (TPSA) is 377 Å². The molecule has 0 unspecified atom stereocenters. The van der Waals surface area contributed by atoms with E-state index in [0.717, 1.165) is 196 Å². The van der Waals surface area contributed by atoms with Crippen LogP contribution in [0.2, 0.25) is 12.1 Å². The predicted octanol–water partition coefficient (Wildman–Crippen LogP) is 15.5. The number of aryl methyl sites for hydroxylation is 1. The van der Waals surface area contributed by atoms with Crippen LogP contribution in [0, 0.1) is 24.7 Å². The third-order valence-corrected chi connectivity index (χ3v) is 30.7. The number of hydrogen-bond acceptors (Lipinski definition) is 19. The second kappa shape index (κ2) is 45.2. The van der Waals surface area contributed by atoms with E-state index >= 15 is 0 Å². The molecule has 5 aromatic heterocycles. The molecule has 7 heterocycles. The van der Waals surface area contributed by atoms with Gasteiger partial charge in [0.15, 0.2) is 0 Å². The van der Waals surface area contributed by atoms with Crippen molar-refractivity contribution < 1.29 is 107 Å². The van der Waals surface area contributed by atoms with Crippen molar-refractivity contribution in [2.45, 2.75) is 144 Å². The van der Waals surface area contributed by atoms with Crippen molar-refractivity contribution in [3.8, 4) is 97.4 Å². The van der Waals surface area contributed by atoms with Crippen molar-refractivity contribution in [1.82, 2.24) is 49.9 Å². The zero-order chi connectivity index (χ0) is 86.4. The quantitative estimate of drug-likeness (QED) is 0.00524. The maximum absolute atomic E-state index is 12.8. The molecule has 125 heavy (non-hydrogen) atoms. The minimum atomic E-state index is -5.16. The number of aromatic amines is 2. The molecule has 8 bridgehead atoms. The molecule has 6 aromatic carbocycles. The molecule has 0 atom stereocenters. The van der Waals surface area contributed by atoms with E-state index in [1.807, 2.05) is 120 Å². The van der Waals surface area contributed by atoms with Crippen LogP contribution in [-0.4, -0.2) is 128 Å². The fraction of sp³-hybridized carbons (Fsp3) is 0.283. The number of aromatic nitrogens is 10. The molecule has 11 aromatic rings. The molecule has 0 saturated heterocycles. The largest absolute Gasteiger partial charge is 1.00 e. The molecular formula is C92H94N16Na2O11S2Si2. The zero-order valence-corrected chi connectivity index (χ0v) is 78.5. The van der Waals surface area contributed by atoms with E-state index in [2.05, 4.69) is 98.9 Å². The summed E-state index contributed by atoms with van der Waals surface area (Å²) in [7, 11) is -9.56. The number of nitrogens with one attached hydrogen (secondary N) is 2. The number of azide groups is 2. The van der Waals surface area contributed by atoms with Gasteiger partial charge in [0.2, 0.25) is 0 Å². The molecule has 630 valence electrons. The summed E-state index contributed by atoms with van der Waals surface area (Å²) in [5.41, 5.74) is 33.8. The fourth-order valence-electron chi connectivity index (χ4n) is 15.5. The van der Waals surface area contributed by atoms with Crippen molar-refractivity contribution in [1.29, 1.82) is 0 Å². The van der Waals surface area contributed by atoms with Crippen molar-refractivity contribution >= 4 is 102 Å². The summed E-state index contributed by atoms with van der Waals surface area (Å²) in [5, 5.41) is 24.9. The van der Waals surface area contributed by atoms with Gasteiger partial charge in [-0.25, -0.2) is 31.5 Å². The SMILES string of the molecule is C#Cc1ccc(-c2c3nc(c(-c4ccc(-c5cn(-c6ccc(/C=C/c7ccc(N=[N+]=[N-])cc7S(=O)(=O)[O-])c(S(=O)(=O)[O-])c6)nn5)cc4)c4ccc([nH]4)c(-c4ccc(C#C)cc4)c4nc(c(-c5ccc(-c6cn(CCCCCCCCCCC[Si](OC)(OC)O[Si](CCCCCCCCCCCN=[N+]=[N-])(OC)OC)nn6)cc5)c5ccc2[nH]5)C=C4)C=C3)cc1.[Na+].[Na+]. The summed E-state index contributed by atoms with van der Waals surface area (Å²) in [5.74, 6) is 5.52. The van der Waals surface area contributed by atoms with Crippen molar-refractivity contribution in [3.63, 3.8) is 0 Å². The van der Waals surface area contributed by atoms with Crippen LogP contribution in [0.3, 0.4) is 0 Å². The smallest absolute Gasteiger partial charge is 0.744 e. The van der Waals surface area contributed by atoms with E-state index in [1.54, 1.807) is 34.6 Å². The van der Waals surface area contributed by atoms with Gasteiger partial charge in [-0.05, 0) is 161 Å². The van der Waals surface area contributed by atoms with E-state index in [1.165, 1.54) is 79.6 Å². The standard InChI is InChI=1S/C92H96N16O11S2Si2.2Na/c1-7-65-27-31-71(32-28-65)89-77-49-53-81(96-77)91(73-41-35-67(36-42-73)85-63-107(105-101-85)58-24-20-16-12-10-14-18-22-26-60-123(117-5,118-6)119-122(115-3,116-4)59-25-21-17-13-9-11-15-19-23-57-95-103-93)82-54-50-78(97-82)90(72-33-29-66(8-2)30-34-72)80-52-56-84(99-80)92(83-55-51-79(89)98-83)74-43-37-68(38-44-74)86-64-108(106-102-86)76-48-46-70(88(62-76)121(112,113)114)40-39-69-45-47-75(100-104-94)61-87(69)120(109,110)111;;/h1-2,27-56,61-64,96,99H,9-26,57-60H2,3-6H3,(H,109,110,111)(H,112,113,114);;/q;2*+1/p-2/b40-39+,89-77?,89-79?,90-78?,90-80?,91-81?,91-82?,92-83?,92-84?;;. The minimum absolute atomic E-state index is 0. The summed E-state index contributed by atoms with van der Waals surface area (Å²) in [6.07, 6.45) is 45.8. The van der Waals surface area contributed by atoms with Crippen LogP contribution in [0.25, 0.3) is 152 Å². The van der Waals surface area contributed by atoms with Crippen LogP contribution in [-0.2, 0) is 48.6 Å². The Labute approximate surface area is 774 Å². The monoisotopic (exact) mass is 1760 g/mol. The first-order valence-electron chi connectivity index (χ1n) is 41.0. The van der Waals surface area contributed by atoms with Gasteiger partial charge < -0.3 is 40.9 Å². The molecule has 0 saturated carbocycles. The summed E-state index contributed by atoms with van der Waals surface area (Å²) >= 11 is 0. The number of hydrogen-bond donors (Lipinski definition) is 2. The third-order valence-electron chi connectivity index (χ3n) is 22.0. The number of benzene rings is 6. The number of H-pyrrole nitrogens is 2. The molecule has 0 fully saturated rings. The molecule has 2 N–H and O–H groups in total. The summed E-state index contributed by atoms with van der Waals surface area (Å²) in [6, 6.07) is 48.6. The van der Waals surface area contributed by atoms with Gasteiger partial charge in [0.1, 0.15) is 31.6 Å². The molecule has 13 rings (SSSR count). The molecule has 33 heteroatoms. The normalized spacial score (nSPS) is 12.0. The van der Waals surface area contributed by atoms with E-state index in [0.29, 0.717) is 40.9 Å². The Morgan fingerprint density at radius 3 is 1.22 bits per heavy atom. The van der Waals surface area contributed by atoms with Gasteiger partial charge in [0.25, 0.3) is 0 Å². The Hall–Kier alpha value is -10.3.